The molecule has 3 nitrogen and oxygen atoms in total. The summed E-state index contributed by atoms with van der Waals surface area (Å²) >= 11 is 0. The minimum Gasteiger partial charge on any atom is -0.338 e. The highest BCUT2D eigenvalue weighted by Gasteiger charge is 2.39. The number of carbonyl (C=O) groups is 1. The molecule has 2 rings (SSSR count). The van der Waals surface area contributed by atoms with Gasteiger partial charge in [-0.2, -0.15) is 0 Å². The maximum absolute atomic E-state index is 11.5. The summed E-state index contributed by atoms with van der Waals surface area (Å²) in [5, 5.41) is 3.35. The molecule has 2 unspecified atom stereocenters. The molecule has 2 saturated heterocycles. The summed E-state index contributed by atoms with van der Waals surface area (Å²) < 4.78 is 0. The van der Waals surface area contributed by atoms with E-state index in [0.717, 1.165) is 26.1 Å². The summed E-state index contributed by atoms with van der Waals surface area (Å²) in [6.45, 7) is 5.03. The number of piperidine rings is 1. The Morgan fingerprint density at radius 1 is 1.67 bits per heavy atom. The third kappa shape index (κ3) is 1.12. The number of hydrogen-bond donors (Lipinski definition) is 1. The van der Waals surface area contributed by atoms with Crippen molar-refractivity contribution in [3.05, 3.63) is 0 Å². The molecule has 0 saturated carbocycles. The van der Waals surface area contributed by atoms with Gasteiger partial charge in [0.25, 0.3) is 0 Å². The van der Waals surface area contributed by atoms with E-state index in [-0.39, 0.29) is 0 Å². The molecule has 0 aromatic rings. The molecule has 1 N–H and O–H groups in total. The first-order valence-corrected chi connectivity index (χ1v) is 4.83. The lowest BCUT2D eigenvalue weighted by atomic mass is 9.93. The monoisotopic (exact) mass is 168 g/mol. The van der Waals surface area contributed by atoms with Crippen molar-refractivity contribution >= 4 is 5.91 Å². The quantitative estimate of drug-likeness (QED) is 0.607. The van der Waals surface area contributed by atoms with Gasteiger partial charge >= 0.3 is 0 Å². The second kappa shape index (κ2) is 3.05. The van der Waals surface area contributed by atoms with E-state index < -0.39 is 0 Å². The van der Waals surface area contributed by atoms with Crippen molar-refractivity contribution in [1.82, 2.24) is 10.2 Å². The van der Waals surface area contributed by atoms with E-state index in [4.69, 9.17) is 0 Å². The summed E-state index contributed by atoms with van der Waals surface area (Å²) in [6, 6.07) is 0.497. The highest BCUT2D eigenvalue weighted by atomic mass is 16.2. The average molecular weight is 168 g/mol. The third-order valence-electron chi connectivity index (χ3n) is 3.09. The fourth-order valence-corrected chi connectivity index (χ4v) is 2.44. The number of hydrogen-bond acceptors (Lipinski definition) is 2. The second-order valence-electron chi connectivity index (χ2n) is 3.70. The zero-order valence-electron chi connectivity index (χ0n) is 7.55. The van der Waals surface area contributed by atoms with Crippen LogP contribution >= 0.6 is 0 Å². The standard InChI is InChI=1S/C9H16N2O/c1-2-11-8-6-10-4-3-7(8)5-9(11)12/h7-8,10H,2-6H2,1H3. The van der Waals surface area contributed by atoms with Gasteiger partial charge in [-0.3, -0.25) is 4.79 Å². The highest BCUT2D eigenvalue weighted by Crippen LogP contribution is 2.29. The molecule has 68 valence electrons. The molecular formula is C9H16N2O. The van der Waals surface area contributed by atoms with Gasteiger partial charge in [0.2, 0.25) is 5.91 Å². The van der Waals surface area contributed by atoms with E-state index in [1.807, 2.05) is 4.90 Å². The third-order valence-corrected chi connectivity index (χ3v) is 3.09. The highest BCUT2D eigenvalue weighted by molar-refractivity contribution is 5.79. The van der Waals surface area contributed by atoms with Gasteiger partial charge in [-0.05, 0) is 25.8 Å². The van der Waals surface area contributed by atoms with Crippen LogP contribution in [0.3, 0.4) is 0 Å². The lowest BCUT2D eigenvalue weighted by Gasteiger charge is -2.31. The molecule has 3 heteroatoms. The predicted molar refractivity (Wildman–Crippen MR) is 46.8 cm³/mol. The Kier molecular flexibility index (Phi) is 2.05. The molecule has 2 aliphatic heterocycles. The van der Waals surface area contributed by atoms with E-state index in [0.29, 0.717) is 17.9 Å². The number of nitrogens with zero attached hydrogens (tertiary/aromatic N) is 1. The molecule has 0 spiro atoms. The molecule has 1 amide bonds. The Bertz CT molecular complexity index is 193. The van der Waals surface area contributed by atoms with E-state index in [9.17, 15) is 4.79 Å². The Morgan fingerprint density at radius 3 is 3.25 bits per heavy atom. The molecule has 2 heterocycles. The number of nitrogens with one attached hydrogen (secondary N) is 1. The summed E-state index contributed by atoms with van der Waals surface area (Å²) in [4.78, 5) is 13.5. The largest absolute Gasteiger partial charge is 0.338 e. The number of fused-ring (bicyclic) bond motifs is 1. The lowest BCUT2D eigenvalue weighted by molar-refractivity contribution is -0.128. The zero-order valence-corrected chi connectivity index (χ0v) is 7.55. The van der Waals surface area contributed by atoms with Crippen LogP contribution in [0.4, 0.5) is 0 Å². The zero-order chi connectivity index (χ0) is 8.55. The van der Waals surface area contributed by atoms with Crippen LogP contribution in [0.2, 0.25) is 0 Å². The van der Waals surface area contributed by atoms with E-state index in [1.165, 1.54) is 6.42 Å². The summed E-state index contributed by atoms with van der Waals surface area (Å²) in [7, 11) is 0. The Balaban J connectivity index is 2.10. The maximum atomic E-state index is 11.5. The van der Waals surface area contributed by atoms with Crippen LogP contribution in [-0.2, 0) is 4.79 Å². The maximum Gasteiger partial charge on any atom is 0.223 e. The minimum absolute atomic E-state index is 0.358. The fraction of sp³-hybridized carbons (Fsp3) is 0.889. The van der Waals surface area contributed by atoms with Crippen LogP contribution < -0.4 is 5.32 Å². The van der Waals surface area contributed by atoms with Crippen LogP contribution in [-0.4, -0.2) is 36.5 Å². The SMILES string of the molecule is CCN1C(=O)CC2CCNCC21. The van der Waals surface area contributed by atoms with Crippen molar-refractivity contribution < 1.29 is 4.79 Å². The van der Waals surface area contributed by atoms with Gasteiger partial charge in [0, 0.05) is 25.6 Å². The van der Waals surface area contributed by atoms with E-state index in [2.05, 4.69) is 12.2 Å². The molecule has 0 bridgehead atoms. The van der Waals surface area contributed by atoms with Crippen LogP contribution in [0.1, 0.15) is 19.8 Å². The molecule has 0 aromatic carbocycles. The van der Waals surface area contributed by atoms with Gasteiger partial charge in [0.15, 0.2) is 0 Å². The fourth-order valence-electron chi connectivity index (χ4n) is 2.44. The van der Waals surface area contributed by atoms with Gasteiger partial charge in [0.05, 0.1) is 0 Å². The molecule has 0 aliphatic carbocycles. The smallest absolute Gasteiger partial charge is 0.223 e. The number of amides is 1. The average Bonchev–Trinajstić information content (AvgIpc) is 2.40. The molecule has 0 aromatic heterocycles. The van der Waals surface area contributed by atoms with Gasteiger partial charge in [-0.25, -0.2) is 0 Å². The number of rotatable bonds is 1. The number of likely N-dealkylation sites (N-methyl/N-ethyl adjacent to an activating group) is 1. The van der Waals surface area contributed by atoms with Crippen molar-refractivity contribution in [2.45, 2.75) is 25.8 Å². The van der Waals surface area contributed by atoms with Crippen LogP contribution in [0.15, 0.2) is 0 Å². The molecule has 2 fully saturated rings. The van der Waals surface area contributed by atoms with Gasteiger partial charge in [-0.15, -0.1) is 0 Å². The first kappa shape index (κ1) is 8.05. The second-order valence-corrected chi connectivity index (χ2v) is 3.70. The van der Waals surface area contributed by atoms with Crippen molar-refractivity contribution in [2.75, 3.05) is 19.6 Å². The Hall–Kier alpha value is -0.570. The Morgan fingerprint density at radius 2 is 2.50 bits per heavy atom. The summed E-state index contributed by atoms with van der Waals surface area (Å²) in [5.74, 6) is 0.995. The van der Waals surface area contributed by atoms with Crippen molar-refractivity contribution in [2.24, 2.45) is 5.92 Å². The number of likely N-dealkylation sites (tertiary alicyclic amines) is 1. The van der Waals surface area contributed by atoms with Crippen LogP contribution in [0, 0.1) is 5.92 Å². The normalized spacial score (nSPS) is 35.4. The van der Waals surface area contributed by atoms with Crippen molar-refractivity contribution in [3.8, 4) is 0 Å². The lowest BCUT2D eigenvalue weighted by Crippen LogP contribution is -2.46. The van der Waals surface area contributed by atoms with Gasteiger partial charge in [-0.1, -0.05) is 0 Å². The number of carbonyl (C=O) groups excluding carboxylic acids is 1. The van der Waals surface area contributed by atoms with Gasteiger partial charge in [0.1, 0.15) is 0 Å². The predicted octanol–water partition coefficient (Wildman–Crippen LogP) is 0.217. The Labute approximate surface area is 73.1 Å². The van der Waals surface area contributed by atoms with Gasteiger partial charge < -0.3 is 10.2 Å². The van der Waals surface area contributed by atoms with Crippen LogP contribution in [0.25, 0.3) is 0 Å². The summed E-state index contributed by atoms with van der Waals surface area (Å²) in [6.07, 6.45) is 1.97. The summed E-state index contributed by atoms with van der Waals surface area (Å²) in [5.41, 5.74) is 0. The van der Waals surface area contributed by atoms with Crippen LogP contribution in [0.5, 0.6) is 0 Å². The van der Waals surface area contributed by atoms with Crippen molar-refractivity contribution in [1.29, 1.82) is 0 Å². The first-order chi connectivity index (χ1) is 5.83. The van der Waals surface area contributed by atoms with Crippen molar-refractivity contribution in [3.63, 3.8) is 0 Å². The minimum atomic E-state index is 0.358. The van der Waals surface area contributed by atoms with E-state index in [1.54, 1.807) is 0 Å². The van der Waals surface area contributed by atoms with E-state index >= 15 is 0 Å². The molecule has 2 atom stereocenters. The molecule has 12 heavy (non-hydrogen) atoms. The first-order valence-electron chi connectivity index (χ1n) is 4.83. The molecule has 2 aliphatic rings. The molecular weight excluding hydrogens is 152 g/mol. The topological polar surface area (TPSA) is 32.3 Å². The molecule has 0 radical (unpaired) electrons.